The van der Waals surface area contributed by atoms with E-state index >= 15 is 0 Å². The van der Waals surface area contributed by atoms with Crippen molar-refractivity contribution < 1.29 is 9.47 Å². The summed E-state index contributed by atoms with van der Waals surface area (Å²) in [7, 11) is 5.26. The molecule has 3 rings (SSSR count). The van der Waals surface area contributed by atoms with E-state index in [1.54, 1.807) is 14.2 Å². The Morgan fingerprint density at radius 2 is 1.71 bits per heavy atom. The van der Waals surface area contributed by atoms with Crippen LogP contribution in [-0.2, 0) is 17.9 Å². The monoisotopic (exact) mass is 382 g/mol. The van der Waals surface area contributed by atoms with Gasteiger partial charge < -0.3 is 24.6 Å². The summed E-state index contributed by atoms with van der Waals surface area (Å²) in [4.78, 5) is 9.20. The van der Waals surface area contributed by atoms with E-state index in [2.05, 4.69) is 56.5 Å². The maximum atomic E-state index is 5.25. The molecule has 0 unspecified atom stereocenters. The van der Waals surface area contributed by atoms with Gasteiger partial charge in [0.1, 0.15) is 5.75 Å². The summed E-state index contributed by atoms with van der Waals surface area (Å²) >= 11 is 0. The second-order valence-corrected chi connectivity index (χ2v) is 6.83. The van der Waals surface area contributed by atoms with Crippen LogP contribution in [0.15, 0.2) is 53.5 Å². The predicted molar refractivity (Wildman–Crippen MR) is 114 cm³/mol. The molecule has 150 valence electrons. The first-order valence-corrected chi connectivity index (χ1v) is 9.65. The maximum absolute atomic E-state index is 5.25. The molecule has 6 nitrogen and oxygen atoms in total. The molecule has 0 saturated carbocycles. The highest BCUT2D eigenvalue weighted by Crippen LogP contribution is 2.20. The van der Waals surface area contributed by atoms with Gasteiger partial charge in [0.15, 0.2) is 5.96 Å². The number of methoxy groups -OCH3 is 2. The number of nitrogens with zero attached hydrogens (tertiary/aromatic N) is 3. The molecule has 28 heavy (non-hydrogen) atoms. The van der Waals surface area contributed by atoms with Gasteiger partial charge in [0.2, 0.25) is 0 Å². The number of guanidine groups is 1. The first-order valence-electron chi connectivity index (χ1n) is 9.65. The Morgan fingerprint density at radius 1 is 1.00 bits per heavy atom. The molecule has 1 aliphatic heterocycles. The molecule has 0 radical (unpaired) electrons. The molecule has 0 bridgehead atoms. The number of hydrogen-bond donors (Lipinski definition) is 1. The van der Waals surface area contributed by atoms with Crippen molar-refractivity contribution in [2.75, 3.05) is 52.3 Å². The smallest absolute Gasteiger partial charge is 0.194 e. The van der Waals surface area contributed by atoms with Crippen molar-refractivity contribution in [3.63, 3.8) is 0 Å². The molecular weight excluding hydrogens is 352 g/mol. The van der Waals surface area contributed by atoms with Crippen LogP contribution >= 0.6 is 0 Å². The van der Waals surface area contributed by atoms with Crippen LogP contribution in [0.5, 0.6) is 5.75 Å². The van der Waals surface area contributed by atoms with Crippen molar-refractivity contribution in [1.82, 2.24) is 10.2 Å². The third-order valence-electron chi connectivity index (χ3n) is 4.98. The van der Waals surface area contributed by atoms with E-state index in [4.69, 9.17) is 9.47 Å². The van der Waals surface area contributed by atoms with Crippen LogP contribution in [0.1, 0.15) is 11.1 Å². The van der Waals surface area contributed by atoms with Crippen LogP contribution in [0.25, 0.3) is 0 Å². The Labute approximate surface area is 167 Å². The topological polar surface area (TPSA) is 49.3 Å². The standard InChI is InChI=1S/C22H30N4O2/c1-23-22(24-16-18-5-4-6-19(15-18)17-27-2)26-13-11-25(12-14-26)20-7-9-21(28-3)10-8-20/h4-10,15H,11-14,16-17H2,1-3H3,(H,23,24). The van der Waals surface area contributed by atoms with Gasteiger partial charge >= 0.3 is 0 Å². The van der Waals surface area contributed by atoms with Crippen molar-refractivity contribution in [3.8, 4) is 5.75 Å². The lowest BCUT2D eigenvalue weighted by Crippen LogP contribution is -2.52. The van der Waals surface area contributed by atoms with E-state index in [0.29, 0.717) is 6.61 Å². The van der Waals surface area contributed by atoms with E-state index in [1.165, 1.54) is 16.8 Å². The Balaban J connectivity index is 1.52. The van der Waals surface area contributed by atoms with Crippen molar-refractivity contribution in [2.45, 2.75) is 13.2 Å². The summed E-state index contributed by atoms with van der Waals surface area (Å²) in [5, 5.41) is 3.49. The fraction of sp³-hybridized carbons (Fsp3) is 0.409. The minimum atomic E-state index is 0.635. The largest absolute Gasteiger partial charge is 0.497 e. The van der Waals surface area contributed by atoms with E-state index in [0.717, 1.165) is 44.4 Å². The maximum Gasteiger partial charge on any atom is 0.194 e. The lowest BCUT2D eigenvalue weighted by molar-refractivity contribution is 0.185. The normalized spacial score (nSPS) is 14.9. The number of hydrogen-bond acceptors (Lipinski definition) is 4. The van der Waals surface area contributed by atoms with Crippen molar-refractivity contribution in [2.24, 2.45) is 4.99 Å². The van der Waals surface area contributed by atoms with Gasteiger partial charge in [-0.3, -0.25) is 4.99 Å². The molecule has 2 aromatic rings. The van der Waals surface area contributed by atoms with E-state index in [1.807, 2.05) is 19.2 Å². The Hall–Kier alpha value is -2.73. The minimum absolute atomic E-state index is 0.635. The molecule has 0 aliphatic carbocycles. The Bertz CT molecular complexity index is 768. The number of ether oxygens (including phenoxy) is 2. The second-order valence-electron chi connectivity index (χ2n) is 6.83. The zero-order valence-corrected chi connectivity index (χ0v) is 17.0. The van der Waals surface area contributed by atoms with Crippen LogP contribution in [-0.4, -0.2) is 58.3 Å². The fourth-order valence-corrected chi connectivity index (χ4v) is 3.48. The quantitative estimate of drug-likeness (QED) is 0.615. The molecule has 1 aliphatic rings. The van der Waals surface area contributed by atoms with Crippen LogP contribution in [0.4, 0.5) is 5.69 Å². The van der Waals surface area contributed by atoms with Gasteiger partial charge in [0.05, 0.1) is 13.7 Å². The molecule has 0 atom stereocenters. The summed E-state index contributed by atoms with van der Waals surface area (Å²) in [6, 6.07) is 16.7. The molecule has 0 aromatic heterocycles. The molecule has 1 fully saturated rings. The first kappa shape index (κ1) is 20.0. The van der Waals surface area contributed by atoms with E-state index < -0.39 is 0 Å². The van der Waals surface area contributed by atoms with Crippen LogP contribution in [0, 0.1) is 0 Å². The number of rotatable bonds is 6. The van der Waals surface area contributed by atoms with Crippen LogP contribution < -0.4 is 15.0 Å². The van der Waals surface area contributed by atoms with Gasteiger partial charge in [-0.2, -0.15) is 0 Å². The number of anilines is 1. The molecule has 6 heteroatoms. The van der Waals surface area contributed by atoms with Gasteiger partial charge in [-0.05, 0) is 35.4 Å². The van der Waals surface area contributed by atoms with Crippen LogP contribution in [0.2, 0.25) is 0 Å². The SMILES string of the molecule is CN=C(NCc1cccc(COC)c1)N1CCN(c2ccc(OC)cc2)CC1. The van der Waals surface area contributed by atoms with Gasteiger partial charge in [-0.1, -0.05) is 24.3 Å². The van der Waals surface area contributed by atoms with Gasteiger partial charge in [0, 0.05) is 52.6 Å². The summed E-state index contributed by atoms with van der Waals surface area (Å²) in [5.74, 6) is 1.84. The summed E-state index contributed by atoms with van der Waals surface area (Å²) in [6.45, 7) is 5.20. The molecule has 2 aromatic carbocycles. The first-order chi connectivity index (χ1) is 13.7. The molecular formula is C22H30N4O2. The van der Waals surface area contributed by atoms with Crippen molar-refractivity contribution in [3.05, 3.63) is 59.7 Å². The third-order valence-corrected chi connectivity index (χ3v) is 4.98. The predicted octanol–water partition coefficient (Wildman–Crippen LogP) is 2.74. The van der Waals surface area contributed by atoms with Gasteiger partial charge in [-0.15, -0.1) is 0 Å². The average Bonchev–Trinajstić information content (AvgIpc) is 2.75. The summed E-state index contributed by atoms with van der Waals surface area (Å²) < 4.78 is 10.5. The number of aliphatic imine (C=N–C) groups is 1. The lowest BCUT2D eigenvalue weighted by atomic mass is 10.1. The molecule has 0 spiro atoms. The van der Waals surface area contributed by atoms with Crippen molar-refractivity contribution in [1.29, 1.82) is 0 Å². The number of benzene rings is 2. The molecule has 0 amide bonds. The molecule has 1 saturated heterocycles. The average molecular weight is 383 g/mol. The summed E-state index contributed by atoms with van der Waals surface area (Å²) in [6.07, 6.45) is 0. The van der Waals surface area contributed by atoms with Crippen LogP contribution in [0.3, 0.4) is 0 Å². The minimum Gasteiger partial charge on any atom is -0.497 e. The lowest BCUT2D eigenvalue weighted by Gasteiger charge is -2.37. The fourth-order valence-electron chi connectivity index (χ4n) is 3.48. The van der Waals surface area contributed by atoms with E-state index in [9.17, 15) is 0 Å². The number of piperazine rings is 1. The highest BCUT2D eigenvalue weighted by Gasteiger charge is 2.19. The van der Waals surface area contributed by atoms with Gasteiger partial charge in [-0.25, -0.2) is 0 Å². The number of nitrogens with one attached hydrogen (secondary N) is 1. The zero-order valence-electron chi connectivity index (χ0n) is 17.0. The Kier molecular flexibility index (Phi) is 7.14. The Morgan fingerprint density at radius 3 is 2.36 bits per heavy atom. The zero-order chi connectivity index (χ0) is 19.8. The highest BCUT2D eigenvalue weighted by molar-refractivity contribution is 5.80. The summed E-state index contributed by atoms with van der Waals surface area (Å²) in [5.41, 5.74) is 3.65. The molecule has 1 N–H and O–H groups in total. The van der Waals surface area contributed by atoms with E-state index in [-0.39, 0.29) is 0 Å². The molecule has 1 heterocycles. The highest BCUT2D eigenvalue weighted by atomic mass is 16.5. The van der Waals surface area contributed by atoms with Gasteiger partial charge in [0.25, 0.3) is 0 Å². The second kappa shape index (κ2) is 9.99. The van der Waals surface area contributed by atoms with Crippen molar-refractivity contribution >= 4 is 11.6 Å². The third kappa shape index (κ3) is 5.16.